The SMILES string of the molecule is Cn1nc(Cl)c2c1CCN(Cc1ccccc1)C2. The van der Waals surface area contributed by atoms with Crippen molar-refractivity contribution in [2.75, 3.05) is 6.54 Å². The molecule has 0 N–H and O–H groups in total. The van der Waals surface area contributed by atoms with Gasteiger partial charge in [0.2, 0.25) is 0 Å². The summed E-state index contributed by atoms with van der Waals surface area (Å²) in [7, 11) is 1.97. The van der Waals surface area contributed by atoms with Gasteiger partial charge in [-0.3, -0.25) is 9.58 Å². The molecule has 2 aromatic rings. The number of fused-ring (bicyclic) bond motifs is 1. The van der Waals surface area contributed by atoms with E-state index >= 15 is 0 Å². The minimum atomic E-state index is 0.658. The Kier molecular flexibility index (Phi) is 3.10. The molecule has 3 rings (SSSR count). The smallest absolute Gasteiger partial charge is 0.155 e. The molecule has 18 heavy (non-hydrogen) atoms. The normalized spacial score (nSPS) is 15.7. The lowest BCUT2D eigenvalue weighted by atomic mass is 10.1. The quantitative estimate of drug-likeness (QED) is 0.829. The molecular weight excluding hydrogens is 246 g/mol. The highest BCUT2D eigenvalue weighted by Gasteiger charge is 2.22. The van der Waals surface area contributed by atoms with Crippen molar-refractivity contribution in [3.05, 3.63) is 52.3 Å². The van der Waals surface area contributed by atoms with Gasteiger partial charge in [0, 0.05) is 44.4 Å². The lowest BCUT2D eigenvalue weighted by molar-refractivity contribution is 0.243. The molecule has 3 nitrogen and oxygen atoms in total. The minimum Gasteiger partial charge on any atom is -0.294 e. The van der Waals surface area contributed by atoms with Gasteiger partial charge in [-0.15, -0.1) is 0 Å². The number of aromatic nitrogens is 2. The maximum absolute atomic E-state index is 6.17. The minimum absolute atomic E-state index is 0.658. The second-order valence-corrected chi connectivity index (χ2v) is 5.14. The first-order valence-corrected chi connectivity index (χ1v) is 6.58. The Hall–Kier alpha value is -1.32. The van der Waals surface area contributed by atoms with Gasteiger partial charge < -0.3 is 0 Å². The first-order valence-electron chi connectivity index (χ1n) is 6.20. The van der Waals surface area contributed by atoms with E-state index in [2.05, 4.69) is 40.3 Å². The summed E-state index contributed by atoms with van der Waals surface area (Å²) in [5, 5.41) is 4.95. The second kappa shape index (κ2) is 4.75. The van der Waals surface area contributed by atoms with Gasteiger partial charge >= 0.3 is 0 Å². The van der Waals surface area contributed by atoms with Crippen molar-refractivity contribution in [3.8, 4) is 0 Å². The van der Waals surface area contributed by atoms with E-state index in [-0.39, 0.29) is 0 Å². The number of aryl methyl sites for hydroxylation is 1. The third kappa shape index (κ3) is 2.16. The molecule has 2 heterocycles. The molecule has 0 fully saturated rings. The molecule has 0 radical (unpaired) electrons. The van der Waals surface area contributed by atoms with E-state index in [1.54, 1.807) is 0 Å². The van der Waals surface area contributed by atoms with E-state index in [4.69, 9.17) is 11.6 Å². The van der Waals surface area contributed by atoms with Crippen LogP contribution in [-0.4, -0.2) is 21.2 Å². The third-order valence-electron chi connectivity index (χ3n) is 3.52. The predicted molar refractivity (Wildman–Crippen MR) is 72.5 cm³/mol. The molecule has 0 spiro atoms. The Bertz CT molecular complexity index is 548. The Labute approximate surface area is 112 Å². The average Bonchev–Trinajstić information content (AvgIpc) is 2.66. The van der Waals surface area contributed by atoms with Crippen molar-refractivity contribution in [1.82, 2.24) is 14.7 Å². The van der Waals surface area contributed by atoms with Crippen LogP contribution in [0.1, 0.15) is 16.8 Å². The van der Waals surface area contributed by atoms with Crippen LogP contribution in [0.5, 0.6) is 0 Å². The van der Waals surface area contributed by atoms with Crippen LogP contribution in [-0.2, 0) is 26.6 Å². The van der Waals surface area contributed by atoms with E-state index in [1.807, 2.05) is 11.7 Å². The molecule has 0 unspecified atom stereocenters. The molecule has 1 aliphatic rings. The van der Waals surface area contributed by atoms with E-state index in [1.165, 1.54) is 16.8 Å². The summed E-state index contributed by atoms with van der Waals surface area (Å²) in [6.07, 6.45) is 1.03. The van der Waals surface area contributed by atoms with Gasteiger partial charge in [-0.1, -0.05) is 41.9 Å². The molecule has 0 atom stereocenters. The Morgan fingerprint density at radius 2 is 2.06 bits per heavy atom. The van der Waals surface area contributed by atoms with E-state index < -0.39 is 0 Å². The van der Waals surface area contributed by atoms with Crippen molar-refractivity contribution in [3.63, 3.8) is 0 Å². The first-order chi connectivity index (χ1) is 8.74. The highest BCUT2D eigenvalue weighted by molar-refractivity contribution is 6.30. The summed E-state index contributed by atoms with van der Waals surface area (Å²) in [5.74, 6) is 0. The molecule has 94 valence electrons. The Morgan fingerprint density at radius 1 is 1.28 bits per heavy atom. The predicted octanol–water partition coefficient (Wildman–Crippen LogP) is 2.63. The zero-order valence-corrected chi connectivity index (χ0v) is 11.2. The highest BCUT2D eigenvalue weighted by Crippen LogP contribution is 2.26. The standard InChI is InChI=1S/C14H16ClN3/c1-17-13-7-8-18(10-12(13)14(15)16-17)9-11-5-3-2-4-6-11/h2-6H,7-10H2,1H3. The van der Waals surface area contributed by atoms with Crippen LogP contribution in [0.4, 0.5) is 0 Å². The van der Waals surface area contributed by atoms with E-state index in [9.17, 15) is 0 Å². The maximum atomic E-state index is 6.17. The van der Waals surface area contributed by atoms with Crippen molar-refractivity contribution in [1.29, 1.82) is 0 Å². The molecular formula is C14H16ClN3. The topological polar surface area (TPSA) is 21.1 Å². The van der Waals surface area contributed by atoms with Crippen LogP contribution in [0.2, 0.25) is 5.15 Å². The van der Waals surface area contributed by atoms with Crippen LogP contribution >= 0.6 is 11.6 Å². The van der Waals surface area contributed by atoms with Crippen molar-refractivity contribution in [2.45, 2.75) is 19.5 Å². The van der Waals surface area contributed by atoms with Crippen LogP contribution in [0.15, 0.2) is 30.3 Å². The van der Waals surface area contributed by atoms with Gasteiger partial charge in [0.25, 0.3) is 0 Å². The van der Waals surface area contributed by atoms with Gasteiger partial charge in [-0.05, 0) is 5.56 Å². The van der Waals surface area contributed by atoms with Gasteiger partial charge in [0.1, 0.15) is 0 Å². The molecule has 1 aromatic heterocycles. The van der Waals surface area contributed by atoms with Gasteiger partial charge in [0.05, 0.1) is 0 Å². The third-order valence-corrected chi connectivity index (χ3v) is 3.83. The molecule has 0 saturated heterocycles. The lowest BCUT2D eigenvalue weighted by Crippen LogP contribution is -2.30. The lowest BCUT2D eigenvalue weighted by Gasteiger charge is -2.27. The second-order valence-electron chi connectivity index (χ2n) is 4.79. The molecule has 4 heteroatoms. The van der Waals surface area contributed by atoms with Crippen LogP contribution in [0.3, 0.4) is 0 Å². The van der Waals surface area contributed by atoms with Crippen molar-refractivity contribution in [2.24, 2.45) is 7.05 Å². The van der Waals surface area contributed by atoms with Gasteiger partial charge in [-0.25, -0.2) is 0 Å². The Morgan fingerprint density at radius 3 is 2.83 bits per heavy atom. The van der Waals surface area contributed by atoms with E-state index in [0.29, 0.717) is 5.15 Å². The molecule has 1 aliphatic heterocycles. The van der Waals surface area contributed by atoms with Crippen LogP contribution in [0, 0.1) is 0 Å². The van der Waals surface area contributed by atoms with Gasteiger partial charge in [0.15, 0.2) is 5.15 Å². The number of hydrogen-bond acceptors (Lipinski definition) is 2. The number of rotatable bonds is 2. The fourth-order valence-electron chi connectivity index (χ4n) is 2.58. The molecule has 1 aromatic carbocycles. The molecule has 0 aliphatic carbocycles. The number of benzene rings is 1. The number of halogens is 1. The summed E-state index contributed by atoms with van der Waals surface area (Å²) < 4.78 is 1.91. The first kappa shape index (κ1) is 11.8. The monoisotopic (exact) mass is 261 g/mol. The largest absolute Gasteiger partial charge is 0.294 e. The van der Waals surface area contributed by atoms with Gasteiger partial charge in [-0.2, -0.15) is 5.10 Å². The van der Waals surface area contributed by atoms with Crippen molar-refractivity contribution >= 4 is 11.6 Å². The van der Waals surface area contributed by atoms with E-state index in [0.717, 1.165) is 26.1 Å². The molecule has 0 saturated carbocycles. The number of hydrogen-bond donors (Lipinski definition) is 0. The summed E-state index contributed by atoms with van der Waals surface area (Å²) in [5.41, 5.74) is 3.83. The highest BCUT2D eigenvalue weighted by atomic mass is 35.5. The van der Waals surface area contributed by atoms with Crippen LogP contribution < -0.4 is 0 Å². The maximum Gasteiger partial charge on any atom is 0.155 e. The van der Waals surface area contributed by atoms with Crippen molar-refractivity contribution < 1.29 is 0 Å². The fourth-order valence-corrected chi connectivity index (χ4v) is 2.86. The summed E-state index contributed by atoms with van der Waals surface area (Å²) >= 11 is 6.17. The zero-order chi connectivity index (χ0) is 12.5. The summed E-state index contributed by atoms with van der Waals surface area (Å²) in [4.78, 5) is 2.42. The fraction of sp³-hybridized carbons (Fsp3) is 0.357. The molecule has 0 bridgehead atoms. The Balaban J connectivity index is 1.77. The average molecular weight is 262 g/mol. The zero-order valence-electron chi connectivity index (χ0n) is 10.4. The molecule has 0 amide bonds. The number of nitrogens with zero attached hydrogens (tertiary/aromatic N) is 3. The summed E-state index contributed by atoms with van der Waals surface area (Å²) in [6, 6.07) is 10.6. The van der Waals surface area contributed by atoms with Crippen LogP contribution in [0.25, 0.3) is 0 Å². The summed E-state index contributed by atoms with van der Waals surface area (Å²) in [6.45, 7) is 2.94.